The van der Waals surface area contributed by atoms with Gasteiger partial charge < -0.3 is 4.74 Å². The molecule has 0 saturated heterocycles. The Labute approximate surface area is 158 Å². The average Bonchev–Trinajstić information content (AvgIpc) is 3.14. The van der Waals surface area contributed by atoms with Crippen LogP contribution in [0.15, 0.2) is 60.7 Å². The van der Waals surface area contributed by atoms with E-state index in [2.05, 4.69) is 10.3 Å². The van der Waals surface area contributed by atoms with Crippen molar-refractivity contribution in [1.82, 2.24) is 15.0 Å². The fourth-order valence-electron chi connectivity index (χ4n) is 3.45. The summed E-state index contributed by atoms with van der Waals surface area (Å²) in [7, 11) is 0. The first-order valence-electron chi connectivity index (χ1n) is 8.70. The molecule has 5 rings (SSSR count). The van der Waals surface area contributed by atoms with Crippen LogP contribution in [-0.4, -0.2) is 20.8 Å². The minimum atomic E-state index is -0.991. The molecular formula is C21H13F2N3O2. The van der Waals surface area contributed by atoms with E-state index >= 15 is 0 Å². The molecule has 0 aliphatic carbocycles. The molecule has 0 spiro atoms. The molecule has 0 radical (unpaired) electrons. The van der Waals surface area contributed by atoms with E-state index in [1.807, 2.05) is 24.3 Å². The van der Waals surface area contributed by atoms with Crippen molar-refractivity contribution < 1.29 is 18.3 Å². The number of ketones is 1. The fourth-order valence-corrected chi connectivity index (χ4v) is 3.45. The monoisotopic (exact) mass is 377 g/mol. The van der Waals surface area contributed by atoms with Gasteiger partial charge in [0.25, 0.3) is 0 Å². The Morgan fingerprint density at radius 3 is 2.79 bits per heavy atom. The maximum atomic E-state index is 14.1. The van der Waals surface area contributed by atoms with E-state index in [4.69, 9.17) is 4.74 Å². The minimum Gasteiger partial charge on any atom is -0.484 e. The first-order valence-corrected chi connectivity index (χ1v) is 8.70. The van der Waals surface area contributed by atoms with Gasteiger partial charge in [-0.05, 0) is 36.4 Å². The highest BCUT2D eigenvalue weighted by atomic mass is 19.2. The molecule has 1 aliphatic rings. The molecule has 1 atom stereocenters. The number of nitrogens with zero attached hydrogens (tertiary/aromatic N) is 3. The second-order valence-corrected chi connectivity index (χ2v) is 6.55. The molecule has 0 N–H and O–H groups in total. The Kier molecular flexibility index (Phi) is 3.68. The van der Waals surface area contributed by atoms with Crippen molar-refractivity contribution in [2.24, 2.45) is 0 Å². The van der Waals surface area contributed by atoms with Gasteiger partial charge in [0.15, 0.2) is 17.4 Å². The van der Waals surface area contributed by atoms with Crippen LogP contribution in [0.2, 0.25) is 0 Å². The van der Waals surface area contributed by atoms with Crippen LogP contribution in [0.25, 0.3) is 16.7 Å². The van der Waals surface area contributed by atoms with Gasteiger partial charge in [0.1, 0.15) is 17.4 Å². The van der Waals surface area contributed by atoms with Gasteiger partial charge in [-0.2, -0.15) is 0 Å². The summed E-state index contributed by atoms with van der Waals surface area (Å²) in [5.41, 5.74) is 2.63. The van der Waals surface area contributed by atoms with Gasteiger partial charge in [0.2, 0.25) is 0 Å². The molecule has 4 aromatic rings. The third-order valence-electron chi connectivity index (χ3n) is 4.83. The van der Waals surface area contributed by atoms with Gasteiger partial charge in [0, 0.05) is 5.56 Å². The number of hydrogen-bond acceptors (Lipinski definition) is 4. The quantitative estimate of drug-likeness (QED) is 0.519. The molecule has 28 heavy (non-hydrogen) atoms. The normalized spacial score (nSPS) is 16.1. The summed E-state index contributed by atoms with van der Waals surface area (Å²) >= 11 is 0. The van der Waals surface area contributed by atoms with Gasteiger partial charge in [-0.15, -0.1) is 5.10 Å². The summed E-state index contributed by atoms with van der Waals surface area (Å²) in [5.74, 6) is -1.83. The lowest BCUT2D eigenvalue weighted by atomic mass is 9.95. The van der Waals surface area contributed by atoms with Crippen molar-refractivity contribution in [3.8, 4) is 11.4 Å². The average molecular weight is 377 g/mol. The number of para-hydroxylation sites is 1. The van der Waals surface area contributed by atoms with E-state index in [1.165, 1.54) is 12.1 Å². The lowest BCUT2D eigenvalue weighted by molar-refractivity contribution is 0.0844. The third-order valence-corrected chi connectivity index (χ3v) is 4.83. The first kappa shape index (κ1) is 16.6. The van der Waals surface area contributed by atoms with Crippen LogP contribution in [0.5, 0.6) is 5.75 Å². The highest BCUT2D eigenvalue weighted by Crippen LogP contribution is 2.37. The molecule has 3 aromatic carbocycles. The maximum Gasteiger partial charge on any atom is 0.170 e. The van der Waals surface area contributed by atoms with Crippen LogP contribution in [0.3, 0.4) is 0 Å². The van der Waals surface area contributed by atoms with Crippen molar-refractivity contribution in [3.05, 3.63) is 83.4 Å². The molecule has 0 amide bonds. The molecule has 2 heterocycles. The van der Waals surface area contributed by atoms with E-state index < -0.39 is 17.7 Å². The lowest BCUT2D eigenvalue weighted by Crippen LogP contribution is -2.22. The van der Waals surface area contributed by atoms with E-state index in [0.717, 1.165) is 17.1 Å². The van der Waals surface area contributed by atoms with Gasteiger partial charge in [-0.25, -0.2) is 13.5 Å². The predicted molar refractivity (Wildman–Crippen MR) is 97.5 cm³/mol. The standard InChI is InChI=1S/C21H13F2N3O2/c22-15-5-3-4-13(21(15)23)20-11-18(27)14-10-12(8-9-19(14)28-20)26-17-7-2-1-6-16(17)24-25-26/h1-10,20H,11H2. The summed E-state index contributed by atoms with van der Waals surface area (Å²) in [5, 5.41) is 8.26. The second kappa shape index (κ2) is 6.23. The van der Waals surface area contributed by atoms with Crippen LogP contribution >= 0.6 is 0 Å². The number of fused-ring (bicyclic) bond motifs is 2. The first-order chi connectivity index (χ1) is 13.6. The summed E-state index contributed by atoms with van der Waals surface area (Å²) < 4.78 is 35.1. The lowest BCUT2D eigenvalue weighted by Gasteiger charge is -2.26. The van der Waals surface area contributed by atoms with Crippen LogP contribution in [0.4, 0.5) is 8.78 Å². The molecule has 0 fully saturated rings. The number of rotatable bonds is 2. The Morgan fingerprint density at radius 2 is 1.89 bits per heavy atom. The number of hydrogen-bond donors (Lipinski definition) is 0. The molecular weight excluding hydrogens is 364 g/mol. The highest BCUT2D eigenvalue weighted by molar-refractivity contribution is 6.00. The largest absolute Gasteiger partial charge is 0.484 e. The zero-order chi connectivity index (χ0) is 19.3. The molecule has 5 nitrogen and oxygen atoms in total. The number of benzene rings is 3. The summed E-state index contributed by atoms with van der Waals surface area (Å²) in [6.45, 7) is 0. The smallest absolute Gasteiger partial charge is 0.170 e. The number of halogens is 2. The molecule has 1 aromatic heterocycles. The van der Waals surface area contributed by atoms with Crippen molar-refractivity contribution in [1.29, 1.82) is 0 Å². The Morgan fingerprint density at radius 1 is 1.04 bits per heavy atom. The van der Waals surface area contributed by atoms with Gasteiger partial charge >= 0.3 is 0 Å². The van der Waals surface area contributed by atoms with E-state index in [9.17, 15) is 13.6 Å². The molecule has 0 saturated carbocycles. The van der Waals surface area contributed by atoms with E-state index in [1.54, 1.807) is 22.9 Å². The molecule has 1 aliphatic heterocycles. The van der Waals surface area contributed by atoms with E-state index in [0.29, 0.717) is 17.0 Å². The van der Waals surface area contributed by atoms with Crippen LogP contribution < -0.4 is 4.74 Å². The van der Waals surface area contributed by atoms with E-state index in [-0.39, 0.29) is 17.8 Å². The van der Waals surface area contributed by atoms with Gasteiger partial charge in [-0.1, -0.05) is 29.5 Å². The van der Waals surface area contributed by atoms with Gasteiger partial charge in [-0.3, -0.25) is 4.79 Å². The minimum absolute atomic E-state index is 0.0327. The van der Waals surface area contributed by atoms with Crippen molar-refractivity contribution in [3.63, 3.8) is 0 Å². The number of Topliss-reactive ketones (excluding diaryl/α,β-unsaturated/α-hetero) is 1. The molecule has 7 heteroatoms. The van der Waals surface area contributed by atoms with Gasteiger partial charge in [0.05, 0.1) is 23.2 Å². The fraction of sp³-hybridized carbons (Fsp3) is 0.0952. The number of carbonyl (C=O) groups excluding carboxylic acids is 1. The predicted octanol–water partition coefficient (Wildman–Crippen LogP) is 4.41. The Bertz CT molecular complexity index is 1240. The molecule has 138 valence electrons. The molecule has 1 unspecified atom stereocenters. The maximum absolute atomic E-state index is 14.1. The molecule has 0 bridgehead atoms. The van der Waals surface area contributed by atoms with Crippen molar-refractivity contribution >= 4 is 16.8 Å². The van der Waals surface area contributed by atoms with Crippen LogP contribution in [0, 0.1) is 11.6 Å². The SMILES string of the molecule is O=C1CC(c2cccc(F)c2F)Oc2ccc(-n3nnc4ccccc43)cc21. The highest BCUT2D eigenvalue weighted by Gasteiger charge is 2.30. The summed E-state index contributed by atoms with van der Waals surface area (Å²) in [4.78, 5) is 12.7. The van der Waals surface area contributed by atoms with Crippen LogP contribution in [0.1, 0.15) is 28.4 Å². The summed E-state index contributed by atoms with van der Waals surface area (Å²) in [6, 6.07) is 16.4. The van der Waals surface area contributed by atoms with Crippen molar-refractivity contribution in [2.45, 2.75) is 12.5 Å². The second-order valence-electron chi connectivity index (χ2n) is 6.55. The number of carbonyl (C=O) groups is 1. The van der Waals surface area contributed by atoms with Crippen LogP contribution in [-0.2, 0) is 0 Å². The Hall–Kier alpha value is -3.61. The number of aromatic nitrogens is 3. The Balaban J connectivity index is 1.54. The topological polar surface area (TPSA) is 57.0 Å². The zero-order valence-corrected chi connectivity index (χ0v) is 14.5. The van der Waals surface area contributed by atoms with Crippen molar-refractivity contribution in [2.75, 3.05) is 0 Å². The third kappa shape index (κ3) is 2.55. The zero-order valence-electron chi connectivity index (χ0n) is 14.5. The number of ether oxygens (including phenoxy) is 1. The summed E-state index contributed by atoms with van der Waals surface area (Å²) in [6.07, 6.45) is -0.941.